The van der Waals surface area contributed by atoms with Crippen LogP contribution in [-0.2, 0) is 13.6 Å². The lowest BCUT2D eigenvalue weighted by Gasteiger charge is -2.14. The molecule has 0 saturated heterocycles. The smallest absolute Gasteiger partial charge is 0.332 e. The summed E-state index contributed by atoms with van der Waals surface area (Å²) in [5, 5.41) is 0.250. The number of hydrogen-bond acceptors (Lipinski definition) is 4. The Kier molecular flexibility index (Phi) is 4.39. The van der Waals surface area contributed by atoms with Gasteiger partial charge in [-0.1, -0.05) is 12.1 Å². The Bertz CT molecular complexity index is 1070. The zero-order valence-corrected chi connectivity index (χ0v) is 14.2. The van der Waals surface area contributed by atoms with Crippen LogP contribution in [0.25, 0.3) is 11.0 Å². The molecule has 0 aliphatic heterocycles. The molecule has 3 aromatic rings. The van der Waals surface area contributed by atoms with E-state index in [-0.39, 0.29) is 17.6 Å². The second-order valence-corrected chi connectivity index (χ2v) is 5.76. The van der Waals surface area contributed by atoms with Crippen LogP contribution < -0.4 is 16.0 Å². The van der Waals surface area contributed by atoms with Gasteiger partial charge in [-0.2, -0.15) is 0 Å². The molecule has 0 saturated carbocycles. The molecule has 130 valence electrons. The highest BCUT2D eigenvalue weighted by Crippen LogP contribution is 2.24. The summed E-state index contributed by atoms with van der Waals surface area (Å²) >= 11 is 0. The molecule has 2 aromatic heterocycles. The Hall–Kier alpha value is -2.96. The van der Waals surface area contributed by atoms with E-state index in [0.29, 0.717) is 23.5 Å². The number of hydrogen-bond donors (Lipinski definition) is 0. The number of nitrogens with zero attached hydrogens (tertiary/aromatic N) is 3. The van der Waals surface area contributed by atoms with Gasteiger partial charge in [-0.25, -0.2) is 14.2 Å². The van der Waals surface area contributed by atoms with Crippen LogP contribution in [0.1, 0.15) is 18.1 Å². The van der Waals surface area contributed by atoms with E-state index in [1.54, 1.807) is 32.3 Å². The van der Waals surface area contributed by atoms with Gasteiger partial charge in [0.15, 0.2) is 5.65 Å². The van der Waals surface area contributed by atoms with Gasteiger partial charge < -0.3 is 4.74 Å². The molecule has 6 nitrogen and oxygen atoms in total. The molecular formula is C18H18FN3O3. The molecule has 7 heteroatoms. The Morgan fingerprint density at radius 3 is 2.72 bits per heavy atom. The molecule has 0 fully saturated rings. The average molecular weight is 343 g/mol. The first-order valence-corrected chi connectivity index (χ1v) is 7.90. The van der Waals surface area contributed by atoms with Crippen molar-refractivity contribution in [1.29, 1.82) is 0 Å². The normalized spacial score (nSPS) is 11.0. The Morgan fingerprint density at radius 2 is 2.04 bits per heavy atom. The molecule has 0 spiro atoms. The van der Waals surface area contributed by atoms with Crippen molar-refractivity contribution in [2.45, 2.75) is 20.4 Å². The number of aromatic nitrogens is 3. The van der Waals surface area contributed by atoms with Gasteiger partial charge in [-0.15, -0.1) is 0 Å². The van der Waals surface area contributed by atoms with Crippen LogP contribution in [0.4, 0.5) is 4.39 Å². The summed E-state index contributed by atoms with van der Waals surface area (Å²) in [5.41, 5.74) is 0.488. The van der Waals surface area contributed by atoms with Crippen molar-refractivity contribution in [3.8, 4) is 5.75 Å². The van der Waals surface area contributed by atoms with Crippen LogP contribution in [0.15, 0.2) is 40.1 Å². The van der Waals surface area contributed by atoms with Gasteiger partial charge in [-0.05, 0) is 31.5 Å². The lowest BCUT2D eigenvalue weighted by Crippen LogP contribution is -2.39. The van der Waals surface area contributed by atoms with Gasteiger partial charge >= 0.3 is 5.69 Å². The van der Waals surface area contributed by atoms with E-state index in [9.17, 15) is 14.0 Å². The minimum Gasteiger partial charge on any atom is -0.493 e. The van der Waals surface area contributed by atoms with Crippen LogP contribution >= 0.6 is 0 Å². The van der Waals surface area contributed by atoms with Crippen LogP contribution in [0.5, 0.6) is 5.75 Å². The third-order valence-electron chi connectivity index (χ3n) is 4.00. The second kappa shape index (κ2) is 6.51. The van der Waals surface area contributed by atoms with Crippen LogP contribution in [-0.4, -0.2) is 20.7 Å². The zero-order valence-electron chi connectivity index (χ0n) is 14.2. The molecule has 0 amide bonds. The van der Waals surface area contributed by atoms with Crippen molar-refractivity contribution < 1.29 is 9.13 Å². The van der Waals surface area contributed by atoms with Crippen LogP contribution in [0, 0.1) is 12.7 Å². The van der Waals surface area contributed by atoms with Crippen LogP contribution in [0.3, 0.4) is 0 Å². The number of ether oxygens (including phenoxy) is 1. The van der Waals surface area contributed by atoms with Crippen molar-refractivity contribution in [2.24, 2.45) is 7.05 Å². The number of pyridine rings is 1. The average Bonchev–Trinajstić information content (AvgIpc) is 2.58. The van der Waals surface area contributed by atoms with Gasteiger partial charge in [0.1, 0.15) is 17.0 Å². The van der Waals surface area contributed by atoms with Crippen LogP contribution in [0.2, 0.25) is 0 Å². The predicted octanol–water partition coefficient (Wildman–Crippen LogP) is 1.99. The molecule has 0 N–H and O–H groups in total. The molecular weight excluding hydrogens is 325 g/mol. The van der Waals surface area contributed by atoms with E-state index in [4.69, 9.17) is 4.74 Å². The minimum atomic E-state index is -0.513. The molecule has 0 radical (unpaired) electrons. The van der Waals surface area contributed by atoms with E-state index in [2.05, 4.69) is 4.98 Å². The highest BCUT2D eigenvalue weighted by atomic mass is 19.1. The molecule has 0 unspecified atom stereocenters. The second-order valence-electron chi connectivity index (χ2n) is 5.76. The maximum Gasteiger partial charge on any atom is 0.332 e. The third kappa shape index (κ3) is 2.93. The van der Waals surface area contributed by atoms with Crippen molar-refractivity contribution in [3.63, 3.8) is 0 Å². The van der Waals surface area contributed by atoms with Gasteiger partial charge in [0.2, 0.25) is 0 Å². The zero-order chi connectivity index (χ0) is 18.1. The van der Waals surface area contributed by atoms with E-state index >= 15 is 0 Å². The molecule has 1 aromatic carbocycles. The van der Waals surface area contributed by atoms with Gasteiger partial charge in [-0.3, -0.25) is 13.9 Å². The molecule has 25 heavy (non-hydrogen) atoms. The van der Waals surface area contributed by atoms with Crippen molar-refractivity contribution in [3.05, 3.63) is 68.2 Å². The monoisotopic (exact) mass is 343 g/mol. The number of fused-ring (bicyclic) bond motifs is 1. The Morgan fingerprint density at radius 1 is 1.28 bits per heavy atom. The summed E-state index contributed by atoms with van der Waals surface area (Å²) in [4.78, 5) is 29.8. The largest absolute Gasteiger partial charge is 0.493 e. The summed E-state index contributed by atoms with van der Waals surface area (Å²) in [7, 11) is 1.55. The minimum absolute atomic E-state index is 0.0291. The van der Waals surface area contributed by atoms with E-state index in [1.165, 1.54) is 16.7 Å². The number of rotatable bonds is 4. The predicted molar refractivity (Wildman–Crippen MR) is 92.7 cm³/mol. The first-order valence-electron chi connectivity index (χ1n) is 7.90. The highest BCUT2D eigenvalue weighted by Gasteiger charge is 2.18. The summed E-state index contributed by atoms with van der Waals surface area (Å²) in [6.45, 7) is 3.96. The number of benzene rings is 1. The standard InChI is InChI=1S/C18H18FN3O3/c1-4-25-15-11(2)9-20-16-14(15)17(23)22(18(24)21(16)3)10-12-6-5-7-13(19)8-12/h5-9H,4,10H2,1-3H3. The summed E-state index contributed by atoms with van der Waals surface area (Å²) < 4.78 is 21.4. The fourth-order valence-corrected chi connectivity index (χ4v) is 2.81. The van der Waals surface area contributed by atoms with Crippen molar-refractivity contribution in [2.75, 3.05) is 6.61 Å². The van der Waals surface area contributed by atoms with Gasteiger partial charge in [0, 0.05) is 18.8 Å². The summed E-state index contributed by atoms with van der Waals surface area (Å²) in [5.74, 6) is -0.00299. The maximum absolute atomic E-state index is 13.4. The van der Waals surface area contributed by atoms with Crippen molar-refractivity contribution >= 4 is 11.0 Å². The van der Waals surface area contributed by atoms with Gasteiger partial charge in [0.05, 0.1) is 13.2 Å². The topological polar surface area (TPSA) is 66.1 Å². The summed E-state index contributed by atoms with van der Waals surface area (Å²) in [6.07, 6.45) is 1.57. The molecule has 0 atom stereocenters. The fraction of sp³-hybridized carbons (Fsp3) is 0.278. The maximum atomic E-state index is 13.4. The highest BCUT2D eigenvalue weighted by molar-refractivity contribution is 5.82. The number of halogens is 1. The fourth-order valence-electron chi connectivity index (χ4n) is 2.81. The Labute approximate surface area is 143 Å². The lowest BCUT2D eigenvalue weighted by atomic mass is 10.2. The molecule has 3 rings (SSSR count). The quantitative estimate of drug-likeness (QED) is 0.727. The Balaban J connectivity index is 2.31. The molecule has 2 heterocycles. The van der Waals surface area contributed by atoms with E-state index in [1.807, 2.05) is 6.92 Å². The number of aryl methyl sites for hydroxylation is 2. The molecule has 0 aliphatic carbocycles. The first kappa shape index (κ1) is 16.9. The van der Waals surface area contributed by atoms with Crippen molar-refractivity contribution in [1.82, 2.24) is 14.1 Å². The van der Waals surface area contributed by atoms with Gasteiger partial charge in [0.25, 0.3) is 5.56 Å². The van der Waals surface area contributed by atoms with E-state index in [0.717, 1.165) is 4.57 Å². The van der Waals surface area contributed by atoms with E-state index < -0.39 is 17.1 Å². The molecule has 0 bridgehead atoms. The first-order chi connectivity index (χ1) is 11.9. The SMILES string of the molecule is CCOc1c(C)cnc2c1c(=O)n(Cc1cccc(F)c1)c(=O)n2C. The third-order valence-corrected chi connectivity index (χ3v) is 4.00. The molecule has 0 aliphatic rings. The summed E-state index contributed by atoms with van der Waals surface area (Å²) in [6, 6.07) is 5.81. The lowest BCUT2D eigenvalue weighted by molar-refractivity contribution is 0.341.